The first-order valence-electron chi connectivity index (χ1n) is 6.05. The maximum absolute atomic E-state index is 12.7. The lowest BCUT2D eigenvalue weighted by atomic mass is 10.1. The Bertz CT molecular complexity index is 459. The predicted octanol–water partition coefficient (Wildman–Crippen LogP) is 3.48. The number of ether oxygens (including phenoxy) is 2. The lowest BCUT2D eigenvalue weighted by molar-refractivity contribution is -0.137. The van der Waals surface area contributed by atoms with Crippen molar-refractivity contribution in [3.8, 4) is 0 Å². The van der Waals surface area contributed by atoms with Gasteiger partial charge in [0.15, 0.2) is 10.7 Å². The number of halogens is 3. The molecule has 20 heavy (non-hydrogen) atoms. The van der Waals surface area contributed by atoms with E-state index in [1.165, 1.54) is 7.11 Å². The van der Waals surface area contributed by atoms with E-state index in [0.717, 1.165) is 0 Å². The van der Waals surface area contributed by atoms with Crippen molar-refractivity contribution in [3.63, 3.8) is 0 Å². The summed E-state index contributed by atoms with van der Waals surface area (Å²) in [6, 6.07) is 0. The van der Waals surface area contributed by atoms with Crippen LogP contribution in [0.15, 0.2) is 0 Å². The number of esters is 1. The molecule has 0 bridgehead atoms. The first-order chi connectivity index (χ1) is 9.31. The molecule has 0 spiro atoms. The van der Waals surface area contributed by atoms with Crippen LogP contribution in [0.3, 0.4) is 0 Å². The summed E-state index contributed by atoms with van der Waals surface area (Å²) in [4.78, 5) is 15.4. The number of thiazole rings is 1. The highest BCUT2D eigenvalue weighted by Crippen LogP contribution is 2.38. The molecule has 0 saturated carbocycles. The van der Waals surface area contributed by atoms with Crippen LogP contribution in [0.2, 0.25) is 0 Å². The Hall–Kier alpha value is -1.15. The summed E-state index contributed by atoms with van der Waals surface area (Å²) >= 11 is 0.487. The zero-order valence-corrected chi connectivity index (χ0v) is 12.2. The fourth-order valence-electron chi connectivity index (χ4n) is 1.56. The molecule has 1 aromatic rings. The van der Waals surface area contributed by atoms with Gasteiger partial charge >= 0.3 is 12.1 Å². The van der Waals surface area contributed by atoms with Gasteiger partial charge in [-0.1, -0.05) is 6.92 Å². The summed E-state index contributed by atoms with van der Waals surface area (Å²) in [5, 5.41) is -1.03. The Kier molecular flexibility index (Phi) is 5.94. The van der Waals surface area contributed by atoms with Crippen LogP contribution in [-0.4, -0.2) is 31.3 Å². The summed E-state index contributed by atoms with van der Waals surface area (Å²) in [5.74, 6) is -1.08. The summed E-state index contributed by atoms with van der Waals surface area (Å²) < 4.78 is 47.8. The fourth-order valence-corrected chi connectivity index (χ4v) is 2.56. The average molecular weight is 311 g/mol. The van der Waals surface area contributed by atoms with E-state index >= 15 is 0 Å². The average Bonchev–Trinajstić information content (AvgIpc) is 2.81. The second kappa shape index (κ2) is 7.03. The van der Waals surface area contributed by atoms with Crippen LogP contribution in [0.25, 0.3) is 0 Å². The smallest absolute Gasteiger partial charge is 0.443 e. The second-order valence-corrected chi connectivity index (χ2v) is 5.16. The van der Waals surface area contributed by atoms with Crippen LogP contribution in [0, 0.1) is 0 Å². The number of hydrogen-bond acceptors (Lipinski definition) is 5. The van der Waals surface area contributed by atoms with Gasteiger partial charge in [0.05, 0.1) is 6.61 Å². The molecule has 1 rings (SSSR count). The third-order valence-corrected chi connectivity index (χ3v) is 3.90. The minimum atomic E-state index is -4.56. The molecule has 1 atom stereocenters. The van der Waals surface area contributed by atoms with Gasteiger partial charge in [-0.25, -0.2) is 9.78 Å². The van der Waals surface area contributed by atoms with Crippen LogP contribution in [0.1, 0.15) is 46.6 Å². The number of carbonyl (C=O) groups excluding carboxylic acids is 1. The van der Waals surface area contributed by atoms with Gasteiger partial charge in [-0.3, -0.25) is 0 Å². The lowest BCUT2D eigenvalue weighted by Crippen LogP contribution is -2.11. The van der Waals surface area contributed by atoms with E-state index in [2.05, 4.69) is 4.98 Å². The van der Waals surface area contributed by atoms with Gasteiger partial charge in [0.1, 0.15) is 0 Å². The molecular weight excluding hydrogens is 295 g/mol. The zero-order valence-electron chi connectivity index (χ0n) is 11.4. The van der Waals surface area contributed by atoms with Gasteiger partial charge in [0.2, 0.25) is 0 Å². The van der Waals surface area contributed by atoms with E-state index in [1.54, 1.807) is 13.8 Å². The third kappa shape index (κ3) is 4.17. The second-order valence-electron chi connectivity index (χ2n) is 4.13. The summed E-state index contributed by atoms with van der Waals surface area (Å²) in [6.07, 6.45) is -4.06. The number of hydrogen-bond donors (Lipinski definition) is 0. The molecule has 0 N–H and O–H groups in total. The minimum Gasteiger partial charge on any atom is -0.461 e. The highest BCUT2D eigenvalue weighted by molar-refractivity contribution is 7.12. The van der Waals surface area contributed by atoms with Crippen LogP contribution >= 0.6 is 11.3 Å². The number of nitrogens with zero attached hydrogens (tertiary/aromatic N) is 1. The number of methoxy groups -OCH3 is 1. The van der Waals surface area contributed by atoms with E-state index < -0.39 is 17.2 Å². The van der Waals surface area contributed by atoms with Crippen molar-refractivity contribution in [2.45, 2.75) is 32.4 Å². The topological polar surface area (TPSA) is 48.4 Å². The van der Waals surface area contributed by atoms with Crippen LogP contribution < -0.4 is 0 Å². The highest BCUT2D eigenvalue weighted by Gasteiger charge is 2.38. The molecule has 0 aliphatic rings. The molecule has 0 aliphatic heterocycles. The van der Waals surface area contributed by atoms with Gasteiger partial charge in [0, 0.05) is 18.6 Å². The summed E-state index contributed by atoms with van der Waals surface area (Å²) in [6.45, 7) is 3.80. The first-order valence-corrected chi connectivity index (χ1v) is 6.86. The van der Waals surface area contributed by atoms with E-state index in [9.17, 15) is 18.0 Å². The lowest BCUT2D eigenvalue weighted by Gasteiger charge is -2.10. The molecule has 0 aromatic carbocycles. The summed E-state index contributed by atoms with van der Waals surface area (Å²) in [5.41, 5.74) is -0.243. The molecule has 8 heteroatoms. The van der Waals surface area contributed by atoms with Crippen molar-refractivity contribution >= 4 is 17.3 Å². The maximum atomic E-state index is 12.7. The fraction of sp³-hybridized carbons (Fsp3) is 0.667. The minimum absolute atomic E-state index is 0.0869. The molecule has 0 amide bonds. The van der Waals surface area contributed by atoms with E-state index in [4.69, 9.17) is 9.47 Å². The Labute approximate surface area is 118 Å². The molecule has 0 radical (unpaired) electrons. The van der Waals surface area contributed by atoms with Crippen LogP contribution in [0.4, 0.5) is 13.2 Å². The Balaban J connectivity index is 3.11. The quantitative estimate of drug-likeness (QED) is 0.755. The highest BCUT2D eigenvalue weighted by atomic mass is 32.1. The first kappa shape index (κ1) is 16.9. The van der Waals surface area contributed by atoms with Crippen LogP contribution in [-0.2, 0) is 15.7 Å². The van der Waals surface area contributed by atoms with Crippen molar-refractivity contribution in [1.82, 2.24) is 4.98 Å². The normalized spacial score (nSPS) is 13.3. The molecule has 0 saturated heterocycles. The summed E-state index contributed by atoms with van der Waals surface area (Å²) in [7, 11) is 1.51. The van der Waals surface area contributed by atoms with E-state index in [-0.39, 0.29) is 23.1 Å². The van der Waals surface area contributed by atoms with E-state index in [0.29, 0.717) is 24.4 Å². The van der Waals surface area contributed by atoms with Crippen LogP contribution in [0.5, 0.6) is 0 Å². The number of carbonyl (C=O) groups is 1. The number of aromatic nitrogens is 1. The number of rotatable bonds is 6. The molecular formula is C12H16F3NO3S. The molecule has 1 heterocycles. The Morgan fingerprint density at radius 1 is 1.45 bits per heavy atom. The molecule has 0 fully saturated rings. The van der Waals surface area contributed by atoms with Crippen molar-refractivity contribution < 1.29 is 27.4 Å². The Morgan fingerprint density at radius 2 is 2.10 bits per heavy atom. The molecule has 0 unspecified atom stereocenters. The predicted molar refractivity (Wildman–Crippen MR) is 68.0 cm³/mol. The molecule has 1 aromatic heterocycles. The standard InChI is InChI=1S/C12H16F3NO3S/c1-4-19-10(17)8-9(7(2)5-6-18-3)20-11(16-8)12(13,14)15/h7H,4-6H2,1-3H3/t7-/m0/s1. The monoisotopic (exact) mass is 311 g/mol. The third-order valence-electron chi connectivity index (χ3n) is 2.57. The van der Waals surface area contributed by atoms with Gasteiger partial charge < -0.3 is 9.47 Å². The van der Waals surface area contributed by atoms with Gasteiger partial charge in [-0.05, 0) is 19.3 Å². The van der Waals surface area contributed by atoms with E-state index in [1.807, 2.05) is 0 Å². The van der Waals surface area contributed by atoms with Crippen molar-refractivity contribution in [1.29, 1.82) is 0 Å². The van der Waals surface area contributed by atoms with Gasteiger partial charge in [0.25, 0.3) is 0 Å². The SMILES string of the molecule is CCOC(=O)c1nc(C(F)(F)F)sc1[C@@H](C)CCOC. The molecule has 0 aliphatic carbocycles. The molecule has 114 valence electrons. The largest absolute Gasteiger partial charge is 0.461 e. The zero-order chi connectivity index (χ0) is 15.3. The van der Waals surface area contributed by atoms with Crippen molar-refractivity contribution in [3.05, 3.63) is 15.6 Å². The Morgan fingerprint density at radius 3 is 2.60 bits per heavy atom. The maximum Gasteiger partial charge on any atom is 0.443 e. The van der Waals surface area contributed by atoms with Crippen molar-refractivity contribution in [2.24, 2.45) is 0 Å². The van der Waals surface area contributed by atoms with Gasteiger partial charge in [-0.15, -0.1) is 11.3 Å². The molecule has 4 nitrogen and oxygen atoms in total. The van der Waals surface area contributed by atoms with Crippen molar-refractivity contribution in [2.75, 3.05) is 20.3 Å². The number of alkyl halides is 3. The van der Waals surface area contributed by atoms with Gasteiger partial charge in [-0.2, -0.15) is 13.2 Å².